The summed E-state index contributed by atoms with van der Waals surface area (Å²) in [6.45, 7) is 3.81. The molecule has 1 aliphatic heterocycles. The quantitative estimate of drug-likeness (QED) is 0.122. The molecule has 0 unspecified atom stereocenters. The number of anilines is 2. The van der Waals surface area contributed by atoms with E-state index >= 15 is 4.39 Å². The Labute approximate surface area is 305 Å². The van der Waals surface area contributed by atoms with Gasteiger partial charge >= 0.3 is 12.1 Å². The SMILES string of the molecule is CCOC(=O)CN[C@@H]1CCN(c2cnc(-c3nc4nc(-c5cc(C6CC6)nc(C(F)(F)F)c5)cc(N(C)CC5(COC)CCCC5)c4[nH]3)cn2)C[C@@H]1F. The summed E-state index contributed by atoms with van der Waals surface area (Å²) in [6.07, 6.45) is 3.60. The Balaban J connectivity index is 1.19. The number of piperidine rings is 1. The summed E-state index contributed by atoms with van der Waals surface area (Å²) < 4.78 is 67.8. The molecule has 0 bridgehead atoms. The lowest BCUT2D eigenvalue weighted by atomic mass is 9.86. The largest absolute Gasteiger partial charge is 0.465 e. The number of fused-ring (bicyclic) bond motifs is 1. The summed E-state index contributed by atoms with van der Waals surface area (Å²) in [6, 6.07) is 4.12. The minimum Gasteiger partial charge on any atom is -0.465 e. The number of hydrogen-bond acceptors (Lipinski definition) is 11. The standard InChI is InChI=1S/C37H45F4N9O3/c1-4-53-32(51)18-43-25-9-12-50(19-24(25)38)31-17-42-28(16-44-31)34-47-33-29(49(2)20-36(21-52-3)10-5-6-11-36)15-27(46-35(33)48-34)23-13-26(22-7-8-22)45-30(14-23)37(39,40)41/h13-17,22,24-25,43H,4-12,18-21H2,1-3H3,(H,46,47,48)/t24-,25+/m0/s1. The number of nitrogens with zero attached hydrogens (tertiary/aromatic N) is 7. The van der Waals surface area contributed by atoms with Crippen molar-refractivity contribution < 1.29 is 31.8 Å². The smallest absolute Gasteiger partial charge is 0.433 e. The maximum atomic E-state index is 15.1. The molecule has 2 atom stereocenters. The number of hydrogen-bond donors (Lipinski definition) is 2. The van der Waals surface area contributed by atoms with E-state index in [0.717, 1.165) is 50.3 Å². The van der Waals surface area contributed by atoms with Crippen LogP contribution in [0.1, 0.15) is 69.2 Å². The van der Waals surface area contributed by atoms with Crippen LogP contribution in [0.4, 0.5) is 29.1 Å². The van der Waals surface area contributed by atoms with Crippen LogP contribution >= 0.6 is 0 Å². The van der Waals surface area contributed by atoms with Crippen LogP contribution < -0.4 is 15.1 Å². The van der Waals surface area contributed by atoms with Crippen LogP contribution in [0.2, 0.25) is 0 Å². The number of carbonyl (C=O) groups excluding carboxylic acids is 1. The molecule has 4 aromatic rings. The van der Waals surface area contributed by atoms with Crippen molar-refractivity contribution in [2.45, 2.75) is 76.2 Å². The van der Waals surface area contributed by atoms with Crippen LogP contribution in [-0.2, 0) is 20.4 Å². The number of halogens is 4. The predicted octanol–water partition coefficient (Wildman–Crippen LogP) is 6.09. The van der Waals surface area contributed by atoms with E-state index in [1.54, 1.807) is 32.5 Å². The van der Waals surface area contributed by atoms with E-state index in [-0.39, 0.29) is 31.0 Å². The van der Waals surface area contributed by atoms with E-state index in [1.807, 2.05) is 18.0 Å². The molecule has 0 aromatic carbocycles. The summed E-state index contributed by atoms with van der Waals surface area (Å²) in [4.78, 5) is 41.7. The van der Waals surface area contributed by atoms with Crippen molar-refractivity contribution in [1.29, 1.82) is 0 Å². The maximum absolute atomic E-state index is 15.1. The predicted molar refractivity (Wildman–Crippen MR) is 191 cm³/mol. The molecule has 2 aliphatic carbocycles. The van der Waals surface area contributed by atoms with Gasteiger partial charge in [-0.15, -0.1) is 0 Å². The highest BCUT2D eigenvalue weighted by molar-refractivity contribution is 5.91. The summed E-state index contributed by atoms with van der Waals surface area (Å²) in [5, 5.41) is 2.95. The molecule has 284 valence electrons. The Morgan fingerprint density at radius 2 is 1.87 bits per heavy atom. The maximum Gasteiger partial charge on any atom is 0.433 e. The molecule has 1 saturated heterocycles. The lowest BCUT2D eigenvalue weighted by Gasteiger charge is -2.35. The van der Waals surface area contributed by atoms with E-state index in [9.17, 15) is 18.0 Å². The first-order valence-corrected chi connectivity index (χ1v) is 18.3. The fourth-order valence-corrected chi connectivity index (χ4v) is 7.72. The number of nitrogens with one attached hydrogen (secondary N) is 2. The number of pyridine rings is 2. The molecular formula is C37H45F4N9O3. The molecular weight excluding hydrogens is 694 g/mol. The number of H-pyrrole nitrogens is 1. The molecule has 3 aliphatic rings. The van der Waals surface area contributed by atoms with Gasteiger partial charge in [-0.1, -0.05) is 12.8 Å². The molecule has 7 rings (SSSR count). The second kappa shape index (κ2) is 15.1. The van der Waals surface area contributed by atoms with Crippen molar-refractivity contribution in [3.8, 4) is 22.8 Å². The van der Waals surface area contributed by atoms with Crippen molar-refractivity contribution in [1.82, 2.24) is 35.2 Å². The highest BCUT2D eigenvalue weighted by Gasteiger charge is 2.38. The number of aromatic amines is 1. The molecule has 4 aromatic heterocycles. The monoisotopic (exact) mass is 739 g/mol. The Kier molecular flexibility index (Phi) is 10.5. The van der Waals surface area contributed by atoms with Gasteiger partial charge < -0.3 is 29.6 Å². The summed E-state index contributed by atoms with van der Waals surface area (Å²) in [5.74, 6) is 0.480. The zero-order valence-electron chi connectivity index (χ0n) is 30.2. The van der Waals surface area contributed by atoms with Crippen LogP contribution in [0.5, 0.6) is 0 Å². The van der Waals surface area contributed by atoms with Crippen LogP contribution in [0.15, 0.2) is 30.6 Å². The lowest BCUT2D eigenvalue weighted by molar-refractivity contribution is -0.142. The van der Waals surface area contributed by atoms with Crippen LogP contribution in [0.3, 0.4) is 0 Å². The van der Waals surface area contributed by atoms with Gasteiger partial charge in [-0.2, -0.15) is 13.2 Å². The second-order valence-electron chi connectivity index (χ2n) is 14.5. The zero-order valence-corrected chi connectivity index (χ0v) is 30.2. The minimum absolute atomic E-state index is 0.00636. The first-order valence-electron chi connectivity index (χ1n) is 18.3. The lowest BCUT2D eigenvalue weighted by Crippen LogP contribution is -2.52. The zero-order chi connectivity index (χ0) is 37.3. The molecule has 0 spiro atoms. The molecule has 16 heteroatoms. The van der Waals surface area contributed by atoms with E-state index in [2.05, 4.69) is 30.2 Å². The fourth-order valence-electron chi connectivity index (χ4n) is 7.72. The first-order chi connectivity index (χ1) is 25.4. The van der Waals surface area contributed by atoms with Gasteiger partial charge in [-0.05, 0) is 57.2 Å². The van der Waals surface area contributed by atoms with Gasteiger partial charge in [0.05, 0.1) is 50.1 Å². The number of aromatic nitrogens is 6. The van der Waals surface area contributed by atoms with Gasteiger partial charge in [0, 0.05) is 55.9 Å². The average Bonchev–Trinajstić information content (AvgIpc) is 3.75. The normalized spacial score (nSPS) is 20.2. The van der Waals surface area contributed by atoms with Gasteiger partial charge in [-0.25, -0.2) is 29.3 Å². The van der Waals surface area contributed by atoms with E-state index < -0.39 is 30.1 Å². The van der Waals surface area contributed by atoms with Crippen molar-refractivity contribution in [3.05, 3.63) is 42.0 Å². The van der Waals surface area contributed by atoms with Crippen molar-refractivity contribution >= 4 is 28.6 Å². The molecule has 3 fully saturated rings. The Morgan fingerprint density at radius 1 is 1.08 bits per heavy atom. The highest BCUT2D eigenvalue weighted by atomic mass is 19.4. The van der Waals surface area contributed by atoms with E-state index in [1.165, 1.54) is 0 Å². The highest BCUT2D eigenvalue weighted by Crippen LogP contribution is 2.44. The number of esters is 1. The molecule has 53 heavy (non-hydrogen) atoms. The number of carbonyl (C=O) groups is 1. The number of rotatable bonds is 13. The molecule has 2 saturated carbocycles. The summed E-state index contributed by atoms with van der Waals surface area (Å²) in [7, 11) is 3.68. The number of imidazole rings is 1. The molecule has 5 heterocycles. The van der Waals surface area contributed by atoms with Gasteiger partial charge in [0.1, 0.15) is 28.9 Å². The topological polar surface area (TPSA) is 134 Å². The molecule has 0 radical (unpaired) electrons. The Bertz CT molecular complexity index is 1910. The van der Waals surface area contributed by atoms with Crippen LogP contribution in [-0.4, -0.2) is 102 Å². The number of alkyl halides is 4. The number of methoxy groups -OCH3 is 1. The fraction of sp³-hybridized carbons (Fsp3) is 0.568. The third-order valence-electron chi connectivity index (χ3n) is 10.5. The third kappa shape index (κ3) is 8.22. The van der Waals surface area contributed by atoms with Crippen LogP contribution in [0, 0.1) is 5.41 Å². The van der Waals surface area contributed by atoms with E-state index in [0.29, 0.717) is 71.6 Å². The van der Waals surface area contributed by atoms with Crippen LogP contribution in [0.25, 0.3) is 33.9 Å². The van der Waals surface area contributed by atoms with Gasteiger partial charge in [0.15, 0.2) is 11.5 Å². The average molecular weight is 740 g/mol. The van der Waals surface area contributed by atoms with E-state index in [4.69, 9.17) is 19.4 Å². The van der Waals surface area contributed by atoms with Gasteiger partial charge in [0.2, 0.25) is 0 Å². The second-order valence-corrected chi connectivity index (χ2v) is 14.5. The molecule has 0 amide bonds. The summed E-state index contributed by atoms with van der Waals surface area (Å²) >= 11 is 0. The number of ether oxygens (including phenoxy) is 2. The minimum atomic E-state index is -4.61. The molecule has 2 N–H and O–H groups in total. The Hall–Kier alpha value is -4.44. The van der Waals surface area contributed by atoms with Crippen molar-refractivity contribution in [2.24, 2.45) is 5.41 Å². The molecule has 12 nitrogen and oxygen atoms in total. The summed E-state index contributed by atoms with van der Waals surface area (Å²) in [5.41, 5.74) is 2.23. The van der Waals surface area contributed by atoms with Gasteiger partial charge in [-0.3, -0.25) is 4.79 Å². The van der Waals surface area contributed by atoms with Crippen molar-refractivity contribution in [2.75, 3.05) is 63.4 Å². The Morgan fingerprint density at radius 3 is 2.53 bits per heavy atom. The first kappa shape index (κ1) is 36.9. The van der Waals surface area contributed by atoms with Gasteiger partial charge in [0.25, 0.3) is 0 Å². The van der Waals surface area contributed by atoms with Crippen molar-refractivity contribution in [3.63, 3.8) is 0 Å². The third-order valence-corrected chi connectivity index (χ3v) is 10.5.